The zero-order chi connectivity index (χ0) is 33.4. The molecular weight excluding hydrogens is 613 g/mol. The molecule has 0 radical (unpaired) electrons. The summed E-state index contributed by atoms with van der Waals surface area (Å²) >= 11 is 0. The van der Waals surface area contributed by atoms with Gasteiger partial charge in [0.05, 0.1) is 23.1 Å². The van der Waals surface area contributed by atoms with Crippen LogP contribution in [0.4, 0.5) is 5.69 Å². The Morgan fingerprint density at radius 2 is 1.02 bits per heavy atom. The topological polar surface area (TPSA) is 68.8 Å². The lowest BCUT2D eigenvalue weighted by Gasteiger charge is -2.13. The fraction of sp³-hybridized carbons (Fsp3) is 0. The summed E-state index contributed by atoms with van der Waals surface area (Å²) in [4.78, 5) is 28.1. The van der Waals surface area contributed by atoms with E-state index in [-0.39, 0.29) is 0 Å². The normalized spacial score (nSPS) is 11.2. The summed E-state index contributed by atoms with van der Waals surface area (Å²) in [7, 11) is 0. The zero-order valence-electron chi connectivity index (χ0n) is 26.7. The molecule has 6 nitrogen and oxygen atoms in total. The Labute approximate surface area is 288 Å². The van der Waals surface area contributed by atoms with Crippen molar-refractivity contribution in [2.24, 2.45) is 0 Å². The van der Waals surface area contributed by atoms with Gasteiger partial charge in [0.1, 0.15) is 0 Å². The van der Waals surface area contributed by atoms with Gasteiger partial charge in [-0.1, -0.05) is 109 Å². The van der Waals surface area contributed by atoms with Gasteiger partial charge in [-0.25, -0.2) is 24.8 Å². The van der Waals surface area contributed by atoms with E-state index in [1.54, 1.807) is 0 Å². The minimum absolute atomic E-state index is 0.595. The lowest BCUT2D eigenvalue weighted by atomic mass is 9.94. The average Bonchev–Trinajstić information content (AvgIpc) is 3.20. The van der Waals surface area contributed by atoms with Crippen LogP contribution in [0, 0.1) is 6.57 Å². The van der Waals surface area contributed by atoms with Gasteiger partial charge in [0.25, 0.3) is 0 Å². The van der Waals surface area contributed by atoms with Gasteiger partial charge < -0.3 is 0 Å². The predicted molar refractivity (Wildman–Crippen MR) is 201 cm³/mol. The summed E-state index contributed by atoms with van der Waals surface area (Å²) in [5, 5.41) is 2.94. The van der Waals surface area contributed by atoms with Crippen molar-refractivity contribution >= 4 is 38.4 Å². The van der Waals surface area contributed by atoms with E-state index in [0.717, 1.165) is 71.7 Å². The van der Waals surface area contributed by atoms with Crippen molar-refractivity contribution in [2.45, 2.75) is 0 Å². The first-order valence-corrected chi connectivity index (χ1v) is 16.3. The molecular formula is C44H26N6. The summed E-state index contributed by atoms with van der Waals surface area (Å²) in [6, 6.07) is 50.9. The summed E-state index contributed by atoms with van der Waals surface area (Å²) in [6.45, 7) is 7.46. The molecule has 6 heteroatoms. The Bertz CT molecular complexity index is 2710. The Morgan fingerprint density at radius 3 is 1.70 bits per heavy atom. The van der Waals surface area contributed by atoms with E-state index in [4.69, 9.17) is 31.5 Å². The maximum Gasteiger partial charge on any atom is 0.187 e. The molecule has 0 spiro atoms. The molecule has 6 aromatic carbocycles. The van der Waals surface area contributed by atoms with Crippen molar-refractivity contribution in [2.75, 3.05) is 0 Å². The molecule has 0 aliphatic rings. The highest BCUT2D eigenvalue weighted by Gasteiger charge is 2.15. The van der Waals surface area contributed by atoms with E-state index in [1.807, 2.05) is 97.2 Å². The van der Waals surface area contributed by atoms with Crippen molar-refractivity contribution in [3.63, 3.8) is 0 Å². The molecule has 0 amide bonds. The van der Waals surface area contributed by atoms with E-state index in [9.17, 15) is 0 Å². The van der Waals surface area contributed by atoms with Crippen LogP contribution in [-0.2, 0) is 0 Å². The van der Waals surface area contributed by atoms with Crippen LogP contribution < -0.4 is 0 Å². The van der Waals surface area contributed by atoms with Crippen molar-refractivity contribution in [3.8, 4) is 56.4 Å². The van der Waals surface area contributed by atoms with Crippen LogP contribution in [0.3, 0.4) is 0 Å². The number of pyridine rings is 2. The second-order valence-corrected chi connectivity index (χ2v) is 12.1. The number of hydrogen-bond acceptors (Lipinski definition) is 5. The van der Waals surface area contributed by atoms with Gasteiger partial charge in [-0.2, -0.15) is 0 Å². The smallest absolute Gasteiger partial charge is 0.187 e. The number of fused-ring (bicyclic) bond motifs is 4. The number of benzene rings is 6. The highest BCUT2D eigenvalue weighted by molar-refractivity contribution is 6.12. The van der Waals surface area contributed by atoms with Crippen LogP contribution in [0.2, 0.25) is 0 Å². The Kier molecular flexibility index (Phi) is 7.07. The van der Waals surface area contributed by atoms with Gasteiger partial charge in [0.15, 0.2) is 23.2 Å². The predicted octanol–water partition coefficient (Wildman–Crippen LogP) is 11.0. The molecule has 0 saturated carbocycles. The lowest BCUT2D eigenvalue weighted by molar-refractivity contribution is 1.07. The molecule has 3 heterocycles. The minimum atomic E-state index is 0.595. The number of nitrogens with zero attached hydrogens (tertiary/aromatic N) is 6. The second-order valence-electron chi connectivity index (χ2n) is 12.1. The van der Waals surface area contributed by atoms with Gasteiger partial charge in [-0.3, -0.25) is 4.98 Å². The van der Waals surface area contributed by atoms with Gasteiger partial charge in [0.2, 0.25) is 0 Å². The number of rotatable bonds is 5. The standard InChI is InChI=1S/C44H26N6/c1-45-36-20-21-39-34(26-36)25-35-27-38(37-19-10-22-46-41(37)40(35)47-39)32-17-8-15-30(23-32)31-16-9-18-33(24-31)44-49-42(28-11-4-2-5-12-28)48-43(50-44)29-13-6-3-7-14-29/h2-27H. The number of aromatic nitrogens is 5. The molecule has 232 valence electrons. The Balaban J connectivity index is 1.16. The lowest BCUT2D eigenvalue weighted by Crippen LogP contribution is -2.00. The minimum Gasteiger partial charge on any atom is -0.254 e. The molecule has 50 heavy (non-hydrogen) atoms. The zero-order valence-corrected chi connectivity index (χ0v) is 26.7. The summed E-state index contributed by atoms with van der Waals surface area (Å²) in [6.07, 6.45) is 1.81. The first kappa shape index (κ1) is 29.1. The van der Waals surface area contributed by atoms with E-state index in [0.29, 0.717) is 23.2 Å². The quantitative estimate of drug-likeness (QED) is 0.107. The van der Waals surface area contributed by atoms with Crippen molar-refractivity contribution < 1.29 is 0 Å². The fourth-order valence-electron chi connectivity index (χ4n) is 6.47. The Morgan fingerprint density at radius 1 is 0.420 bits per heavy atom. The van der Waals surface area contributed by atoms with Gasteiger partial charge in [-0.05, 0) is 70.1 Å². The van der Waals surface area contributed by atoms with Crippen molar-refractivity contribution in [1.82, 2.24) is 24.9 Å². The van der Waals surface area contributed by atoms with Gasteiger partial charge >= 0.3 is 0 Å². The van der Waals surface area contributed by atoms with Crippen LogP contribution in [0.5, 0.6) is 0 Å². The van der Waals surface area contributed by atoms with Crippen LogP contribution in [0.25, 0.3) is 94.0 Å². The monoisotopic (exact) mass is 638 g/mol. The highest BCUT2D eigenvalue weighted by Crippen LogP contribution is 2.37. The molecule has 0 unspecified atom stereocenters. The van der Waals surface area contributed by atoms with Gasteiger partial charge in [-0.15, -0.1) is 0 Å². The van der Waals surface area contributed by atoms with E-state index in [1.165, 1.54) is 0 Å². The summed E-state index contributed by atoms with van der Waals surface area (Å²) < 4.78 is 0. The molecule has 0 bridgehead atoms. The summed E-state index contributed by atoms with van der Waals surface area (Å²) in [5.41, 5.74) is 10.2. The van der Waals surface area contributed by atoms with Crippen molar-refractivity contribution in [1.29, 1.82) is 0 Å². The molecule has 0 saturated heterocycles. The van der Waals surface area contributed by atoms with Crippen LogP contribution in [0.15, 0.2) is 158 Å². The SMILES string of the molecule is [C-]#[N+]c1ccc2nc3c(cc(-c4cccc(-c5cccc(-c6nc(-c7ccccc7)nc(-c7ccccc7)n6)c5)c4)c4cccnc43)cc2c1. The largest absolute Gasteiger partial charge is 0.254 e. The molecule has 0 atom stereocenters. The van der Waals surface area contributed by atoms with Crippen LogP contribution >= 0.6 is 0 Å². The van der Waals surface area contributed by atoms with Crippen LogP contribution in [0.1, 0.15) is 0 Å². The third-order valence-corrected chi connectivity index (χ3v) is 8.91. The molecule has 9 aromatic rings. The Hall–Kier alpha value is -7.10. The third-order valence-electron chi connectivity index (χ3n) is 8.91. The van der Waals surface area contributed by atoms with E-state index in [2.05, 4.69) is 65.5 Å². The maximum absolute atomic E-state index is 7.46. The number of hydrogen-bond donors (Lipinski definition) is 0. The molecule has 3 aromatic heterocycles. The van der Waals surface area contributed by atoms with E-state index >= 15 is 0 Å². The molecule has 0 aliphatic carbocycles. The molecule has 0 fully saturated rings. The molecule has 9 rings (SSSR count). The average molecular weight is 639 g/mol. The highest BCUT2D eigenvalue weighted by atomic mass is 15.0. The first-order chi connectivity index (χ1) is 24.7. The molecule has 0 N–H and O–H groups in total. The molecule has 0 aliphatic heterocycles. The van der Waals surface area contributed by atoms with Gasteiger partial charge in [0, 0.05) is 33.7 Å². The van der Waals surface area contributed by atoms with Crippen molar-refractivity contribution in [3.05, 3.63) is 169 Å². The fourth-order valence-corrected chi connectivity index (χ4v) is 6.47. The summed E-state index contributed by atoms with van der Waals surface area (Å²) in [5.74, 6) is 1.88. The van der Waals surface area contributed by atoms with E-state index < -0.39 is 0 Å². The first-order valence-electron chi connectivity index (χ1n) is 16.3. The maximum atomic E-state index is 7.46. The second kappa shape index (κ2) is 12.2. The third kappa shape index (κ3) is 5.29. The van der Waals surface area contributed by atoms with Crippen LogP contribution in [-0.4, -0.2) is 24.9 Å².